The molecule has 6 nitrogen and oxygen atoms in total. The molecule has 1 aliphatic rings. The molecule has 26 heavy (non-hydrogen) atoms. The fraction of sp³-hybridized carbons (Fsp3) is 0.250. The van der Waals surface area contributed by atoms with Crippen LogP contribution >= 0.6 is 0 Å². The highest BCUT2D eigenvalue weighted by molar-refractivity contribution is 6.15. The molecule has 0 fully saturated rings. The lowest BCUT2D eigenvalue weighted by molar-refractivity contribution is -0.117. The number of amides is 1. The molecule has 134 valence electrons. The number of benzene rings is 1. The van der Waals surface area contributed by atoms with Crippen LogP contribution in [-0.4, -0.2) is 23.0 Å². The molecule has 1 amide bonds. The zero-order valence-electron chi connectivity index (χ0n) is 14.7. The third kappa shape index (κ3) is 4.08. The number of anilines is 1. The third-order valence-electron chi connectivity index (χ3n) is 4.09. The first-order chi connectivity index (χ1) is 12.3. The van der Waals surface area contributed by atoms with E-state index < -0.39 is 0 Å². The lowest BCUT2D eigenvalue weighted by Gasteiger charge is -2.28. The second-order valence-corrected chi connectivity index (χ2v) is 7.04. The van der Waals surface area contributed by atoms with Gasteiger partial charge in [0, 0.05) is 24.7 Å². The van der Waals surface area contributed by atoms with Crippen molar-refractivity contribution in [3.05, 3.63) is 59.8 Å². The summed E-state index contributed by atoms with van der Waals surface area (Å²) < 4.78 is 5.05. The zero-order chi connectivity index (χ0) is 18.7. The first-order valence-electron chi connectivity index (χ1n) is 8.28. The number of aliphatic imine (C=N–C) groups is 1. The summed E-state index contributed by atoms with van der Waals surface area (Å²) in [6.07, 6.45) is 3.63. The van der Waals surface area contributed by atoms with Gasteiger partial charge in [0.1, 0.15) is 5.76 Å². The van der Waals surface area contributed by atoms with Crippen LogP contribution in [0.3, 0.4) is 0 Å². The van der Waals surface area contributed by atoms with E-state index in [0.29, 0.717) is 24.2 Å². The summed E-state index contributed by atoms with van der Waals surface area (Å²) in [4.78, 5) is 28.5. The molecule has 2 N–H and O–H groups in total. The summed E-state index contributed by atoms with van der Waals surface area (Å²) in [6, 6.07) is 10.1. The van der Waals surface area contributed by atoms with Crippen molar-refractivity contribution >= 4 is 29.3 Å². The van der Waals surface area contributed by atoms with Gasteiger partial charge in [0.2, 0.25) is 0 Å². The molecule has 0 saturated heterocycles. The Bertz CT molecular complexity index is 892. The number of aliphatic hydroxyl groups is 1. The molecule has 1 heterocycles. The number of furan rings is 1. The Labute approximate surface area is 151 Å². The van der Waals surface area contributed by atoms with Gasteiger partial charge in [0.15, 0.2) is 11.5 Å². The minimum atomic E-state index is -0.360. The molecule has 6 heteroatoms. The average molecular weight is 352 g/mol. The van der Waals surface area contributed by atoms with Crippen molar-refractivity contribution < 1.29 is 19.1 Å². The van der Waals surface area contributed by atoms with Gasteiger partial charge < -0.3 is 14.8 Å². The van der Waals surface area contributed by atoms with Crippen molar-refractivity contribution in [3.8, 4) is 0 Å². The van der Waals surface area contributed by atoms with E-state index in [-0.39, 0.29) is 34.2 Å². The molecule has 1 aromatic carbocycles. The summed E-state index contributed by atoms with van der Waals surface area (Å²) >= 11 is 0. The maximum Gasteiger partial charge on any atom is 0.291 e. The number of hydrogen-bond donors (Lipinski definition) is 2. The molecule has 1 aliphatic carbocycles. The molecule has 0 saturated carbocycles. The second kappa shape index (κ2) is 7.00. The summed E-state index contributed by atoms with van der Waals surface area (Å²) in [7, 11) is 0. The van der Waals surface area contributed by atoms with Gasteiger partial charge >= 0.3 is 0 Å². The standard InChI is InChI=1S/C20H20N2O4/c1-20(2)10-16(23)15(17(24)11-20)12-21-13-5-3-6-14(9-13)22-19(25)18-7-4-8-26-18/h3-9,12,23H,10-11H2,1-2H3,(H,22,25). The highest BCUT2D eigenvalue weighted by atomic mass is 16.3. The first-order valence-corrected chi connectivity index (χ1v) is 8.28. The van der Waals surface area contributed by atoms with Crippen LogP contribution in [0.5, 0.6) is 0 Å². The van der Waals surface area contributed by atoms with Crippen LogP contribution < -0.4 is 5.32 Å². The van der Waals surface area contributed by atoms with Crippen LogP contribution in [0, 0.1) is 5.41 Å². The predicted octanol–water partition coefficient (Wildman–Crippen LogP) is 4.44. The quantitative estimate of drug-likeness (QED) is 0.796. The number of nitrogens with zero attached hydrogens (tertiary/aromatic N) is 1. The van der Waals surface area contributed by atoms with Crippen LogP contribution in [0.25, 0.3) is 0 Å². The van der Waals surface area contributed by atoms with E-state index in [4.69, 9.17) is 4.42 Å². The van der Waals surface area contributed by atoms with Gasteiger partial charge in [-0.1, -0.05) is 19.9 Å². The lowest BCUT2D eigenvalue weighted by Crippen LogP contribution is -2.26. The number of ketones is 1. The molecule has 0 radical (unpaired) electrons. The van der Waals surface area contributed by atoms with Crippen molar-refractivity contribution in [2.45, 2.75) is 26.7 Å². The SMILES string of the molecule is CC1(C)CC(=O)C(C=Nc2cccc(NC(=O)c3ccco3)c2)=C(O)C1. The van der Waals surface area contributed by atoms with Crippen molar-refractivity contribution in [3.63, 3.8) is 0 Å². The van der Waals surface area contributed by atoms with E-state index in [0.717, 1.165) is 0 Å². The van der Waals surface area contributed by atoms with Gasteiger partial charge in [-0.2, -0.15) is 0 Å². The van der Waals surface area contributed by atoms with Crippen molar-refractivity contribution in [1.29, 1.82) is 0 Å². The molecule has 2 aromatic rings. The fourth-order valence-electron chi connectivity index (χ4n) is 2.85. The Hall–Kier alpha value is -3.15. The van der Waals surface area contributed by atoms with Crippen LogP contribution in [0.4, 0.5) is 11.4 Å². The zero-order valence-corrected chi connectivity index (χ0v) is 14.7. The van der Waals surface area contributed by atoms with E-state index in [1.54, 1.807) is 36.4 Å². The third-order valence-corrected chi connectivity index (χ3v) is 4.09. The topological polar surface area (TPSA) is 91.9 Å². The molecule has 0 unspecified atom stereocenters. The van der Waals surface area contributed by atoms with Gasteiger partial charge in [-0.3, -0.25) is 14.6 Å². The Kier molecular flexibility index (Phi) is 4.75. The number of allylic oxidation sites excluding steroid dienone is 2. The summed E-state index contributed by atoms with van der Waals surface area (Å²) in [6.45, 7) is 3.89. The van der Waals surface area contributed by atoms with Crippen molar-refractivity contribution in [1.82, 2.24) is 0 Å². The Morgan fingerprint density at radius 1 is 1.27 bits per heavy atom. The average Bonchev–Trinajstić information content (AvgIpc) is 3.08. The van der Waals surface area contributed by atoms with Gasteiger partial charge in [-0.05, 0) is 35.7 Å². The predicted molar refractivity (Wildman–Crippen MR) is 98.9 cm³/mol. The second-order valence-electron chi connectivity index (χ2n) is 7.04. The van der Waals surface area contributed by atoms with E-state index in [9.17, 15) is 14.7 Å². The molecule has 0 aliphatic heterocycles. The van der Waals surface area contributed by atoms with Crippen LogP contribution in [0.2, 0.25) is 0 Å². The highest BCUT2D eigenvalue weighted by Crippen LogP contribution is 2.35. The summed E-state index contributed by atoms with van der Waals surface area (Å²) in [5.74, 6) is -0.201. The highest BCUT2D eigenvalue weighted by Gasteiger charge is 2.32. The molecule has 0 bridgehead atoms. The van der Waals surface area contributed by atoms with Gasteiger partial charge in [0.25, 0.3) is 5.91 Å². The lowest BCUT2D eigenvalue weighted by atomic mass is 9.77. The monoisotopic (exact) mass is 352 g/mol. The number of aliphatic hydroxyl groups excluding tert-OH is 1. The van der Waals surface area contributed by atoms with Crippen molar-refractivity contribution in [2.24, 2.45) is 10.4 Å². The number of rotatable bonds is 4. The van der Waals surface area contributed by atoms with Gasteiger partial charge in [-0.15, -0.1) is 0 Å². The largest absolute Gasteiger partial charge is 0.511 e. The normalized spacial score (nSPS) is 16.9. The van der Waals surface area contributed by atoms with E-state index in [1.807, 2.05) is 13.8 Å². The first kappa shape index (κ1) is 17.7. The molecular weight excluding hydrogens is 332 g/mol. The van der Waals surface area contributed by atoms with Gasteiger partial charge in [-0.25, -0.2) is 0 Å². The number of Topliss-reactive ketones (excluding diaryl/α,β-unsaturated/α-hetero) is 1. The fourth-order valence-corrected chi connectivity index (χ4v) is 2.85. The maximum atomic E-state index is 12.2. The number of nitrogens with one attached hydrogen (secondary N) is 1. The van der Waals surface area contributed by atoms with E-state index in [1.165, 1.54) is 12.5 Å². The van der Waals surface area contributed by atoms with E-state index in [2.05, 4.69) is 10.3 Å². The minimum absolute atomic E-state index is 0.0669. The van der Waals surface area contributed by atoms with Crippen LogP contribution in [0.15, 0.2) is 63.4 Å². The number of hydrogen-bond acceptors (Lipinski definition) is 5. The van der Waals surface area contributed by atoms with E-state index >= 15 is 0 Å². The Balaban J connectivity index is 1.75. The van der Waals surface area contributed by atoms with Crippen LogP contribution in [0.1, 0.15) is 37.2 Å². The van der Waals surface area contributed by atoms with Crippen molar-refractivity contribution in [2.75, 3.05) is 5.32 Å². The molecule has 1 aromatic heterocycles. The molecule has 0 atom stereocenters. The Morgan fingerprint density at radius 2 is 2.08 bits per heavy atom. The van der Waals surface area contributed by atoms with Crippen LogP contribution in [-0.2, 0) is 4.79 Å². The summed E-state index contributed by atoms with van der Waals surface area (Å²) in [5.41, 5.74) is 1.11. The molecular formula is C20H20N2O4. The molecule has 3 rings (SSSR count). The summed E-state index contributed by atoms with van der Waals surface area (Å²) in [5, 5.41) is 12.8. The smallest absolute Gasteiger partial charge is 0.291 e. The molecule has 0 spiro atoms. The minimum Gasteiger partial charge on any atom is -0.511 e. The maximum absolute atomic E-state index is 12.2. The number of carbonyl (C=O) groups is 2. The Morgan fingerprint density at radius 3 is 2.77 bits per heavy atom. The van der Waals surface area contributed by atoms with Gasteiger partial charge in [0.05, 0.1) is 17.5 Å². The number of carbonyl (C=O) groups excluding carboxylic acids is 2.